The summed E-state index contributed by atoms with van der Waals surface area (Å²) >= 11 is 0. The van der Waals surface area contributed by atoms with E-state index in [2.05, 4.69) is 82.8 Å². The Labute approximate surface area is 433 Å². The zero-order valence-corrected chi connectivity index (χ0v) is 44.8. The first-order chi connectivity index (χ1) is 35.3. The van der Waals surface area contributed by atoms with Crippen LogP contribution in [-0.2, 0) is 61.6 Å². The second kappa shape index (κ2) is 33.1. The highest BCUT2D eigenvalue weighted by Gasteiger charge is 2.25. The van der Waals surface area contributed by atoms with Gasteiger partial charge in [-0.25, -0.2) is 4.79 Å². The highest BCUT2D eigenvalue weighted by atomic mass is 16.5. The first-order valence-electron chi connectivity index (χ1n) is 28.0. The molecule has 4 aromatic carbocycles. The van der Waals surface area contributed by atoms with Crippen LogP contribution in [0, 0.1) is 0 Å². The zero-order chi connectivity index (χ0) is 51.3. The summed E-state index contributed by atoms with van der Waals surface area (Å²) in [7, 11) is 0. The van der Waals surface area contributed by atoms with Gasteiger partial charge in [-0.1, -0.05) is 137 Å². The monoisotopic (exact) mass is 991 g/mol. The van der Waals surface area contributed by atoms with Gasteiger partial charge >= 0.3 is 5.97 Å². The predicted molar refractivity (Wildman–Crippen MR) is 292 cm³/mol. The third-order valence-electron chi connectivity index (χ3n) is 13.8. The van der Waals surface area contributed by atoms with Gasteiger partial charge in [-0.15, -0.1) is 0 Å². The third kappa shape index (κ3) is 18.6. The number of hydrogen-bond acceptors (Lipinski definition) is 9. The van der Waals surface area contributed by atoms with Crippen molar-refractivity contribution in [2.24, 2.45) is 0 Å². The molecule has 1 aliphatic carbocycles. The molecule has 9 heteroatoms. The molecule has 0 saturated carbocycles. The summed E-state index contributed by atoms with van der Waals surface area (Å²) in [6, 6.07) is 16.5. The Morgan fingerprint density at radius 3 is 0.861 bits per heavy atom. The lowest BCUT2D eigenvalue weighted by molar-refractivity contribution is -0.138. The van der Waals surface area contributed by atoms with Crippen LogP contribution in [-0.4, -0.2) is 47.7 Å². The molecule has 9 nitrogen and oxygen atoms in total. The maximum atomic E-state index is 12.6. The first-order valence-corrected chi connectivity index (χ1v) is 28.0. The van der Waals surface area contributed by atoms with E-state index in [0.717, 1.165) is 186 Å². The summed E-state index contributed by atoms with van der Waals surface area (Å²) in [5.41, 5.74) is 10.5. The molecule has 0 saturated heterocycles. The highest BCUT2D eigenvalue weighted by Crippen LogP contribution is 2.41. The number of benzene rings is 4. The van der Waals surface area contributed by atoms with E-state index in [1.165, 1.54) is 38.2 Å². The molecule has 0 aromatic heterocycles. The molecule has 3 N–H and O–H groups in total. The van der Waals surface area contributed by atoms with Crippen LogP contribution in [0.4, 0.5) is 0 Å². The fourth-order valence-corrected chi connectivity index (χ4v) is 10.0. The van der Waals surface area contributed by atoms with Crippen LogP contribution in [0.1, 0.15) is 223 Å². The standard InChI is InChI=1S/C63H90O9/c1-6-11-15-19-23-27-68-60-51-31-47(43-64)32-52(60)40-54-34-49(45-66)36-56(62(54)70-29-25-21-17-13-8-3)42-58-38-50(46-72-59(67)10-5)37-57(63(58)71-30-26-22-18-14-9-4)41-55-35-48(44-65)33-53(39-51)61(55)69-28-24-20-16-12-7-2/h10,31-38,64-66H,5-9,11-30,39-46H2,1-4H3. The third-order valence-corrected chi connectivity index (χ3v) is 13.8. The van der Waals surface area contributed by atoms with Crippen molar-refractivity contribution in [3.05, 3.63) is 128 Å². The number of fused-ring (bicyclic) bond motifs is 8. The van der Waals surface area contributed by atoms with E-state index in [9.17, 15) is 20.1 Å². The minimum Gasteiger partial charge on any atom is -0.493 e. The van der Waals surface area contributed by atoms with Crippen molar-refractivity contribution < 1.29 is 43.8 Å². The molecule has 0 spiro atoms. The minimum atomic E-state index is -0.503. The van der Waals surface area contributed by atoms with Crippen molar-refractivity contribution in [1.29, 1.82) is 0 Å². The average molecular weight is 991 g/mol. The van der Waals surface area contributed by atoms with Gasteiger partial charge in [0, 0.05) is 31.8 Å². The van der Waals surface area contributed by atoms with Gasteiger partial charge < -0.3 is 39.0 Å². The van der Waals surface area contributed by atoms with E-state index in [0.29, 0.717) is 52.1 Å². The predicted octanol–water partition coefficient (Wildman–Crippen LogP) is 14.5. The molecule has 4 aromatic rings. The van der Waals surface area contributed by atoms with Crippen LogP contribution in [0.25, 0.3) is 0 Å². The Morgan fingerprint density at radius 1 is 0.403 bits per heavy atom. The van der Waals surface area contributed by atoms with Crippen molar-refractivity contribution in [3.8, 4) is 23.0 Å². The van der Waals surface area contributed by atoms with Gasteiger partial charge in [-0.2, -0.15) is 0 Å². The summed E-state index contributed by atoms with van der Waals surface area (Å²) < 4.78 is 33.7. The van der Waals surface area contributed by atoms with E-state index >= 15 is 0 Å². The number of ether oxygens (including phenoxy) is 5. The Morgan fingerprint density at radius 2 is 0.639 bits per heavy atom. The second-order valence-electron chi connectivity index (χ2n) is 20.0. The van der Waals surface area contributed by atoms with Crippen molar-refractivity contribution in [2.75, 3.05) is 26.4 Å². The topological polar surface area (TPSA) is 124 Å². The van der Waals surface area contributed by atoms with Crippen LogP contribution in [0.15, 0.2) is 61.2 Å². The number of hydrogen-bond donors (Lipinski definition) is 3. The summed E-state index contributed by atoms with van der Waals surface area (Å²) in [5.74, 6) is 2.61. The second-order valence-corrected chi connectivity index (χ2v) is 20.0. The van der Waals surface area contributed by atoms with Crippen molar-refractivity contribution in [2.45, 2.75) is 208 Å². The van der Waals surface area contributed by atoms with Gasteiger partial charge in [0.05, 0.1) is 46.2 Å². The molecular formula is C63H90O9. The zero-order valence-electron chi connectivity index (χ0n) is 44.8. The van der Waals surface area contributed by atoms with E-state index in [4.69, 9.17) is 23.7 Å². The molecule has 0 fully saturated rings. The Bertz CT molecular complexity index is 2120. The number of unbranched alkanes of at least 4 members (excludes halogenated alkanes) is 16. The Kier molecular flexibility index (Phi) is 26.7. The highest BCUT2D eigenvalue weighted by molar-refractivity contribution is 5.81. The van der Waals surface area contributed by atoms with Crippen molar-refractivity contribution in [1.82, 2.24) is 0 Å². The average Bonchev–Trinajstić information content (AvgIpc) is 3.38. The molecule has 0 unspecified atom stereocenters. The fourth-order valence-electron chi connectivity index (χ4n) is 10.0. The van der Waals surface area contributed by atoms with Crippen molar-refractivity contribution in [3.63, 3.8) is 0 Å². The number of carbonyl (C=O) groups is 1. The number of esters is 1. The van der Waals surface area contributed by atoms with Gasteiger partial charge in [-0.3, -0.25) is 0 Å². The summed E-state index contributed by atoms with van der Waals surface area (Å²) in [4.78, 5) is 12.6. The molecule has 72 heavy (non-hydrogen) atoms. The van der Waals surface area contributed by atoms with Crippen molar-refractivity contribution >= 4 is 5.97 Å². The van der Waals surface area contributed by atoms with E-state index in [1.807, 2.05) is 0 Å². The molecule has 0 heterocycles. The van der Waals surface area contributed by atoms with Gasteiger partial charge in [0.15, 0.2) is 0 Å². The van der Waals surface area contributed by atoms with Crippen LogP contribution >= 0.6 is 0 Å². The molecule has 8 bridgehead atoms. The normalized spacial score (nSPS) is 12.2. The lowest BCUT2D eigenvalue weighted by Gasteiger charge is -2.25. The maximum Gasteiger partial charge on any atom is 0.330 e. The molecule has 396 valence electrons. The lowest BCUT2D eigenvalue weighted by Crippen LogP contribution is -2.12. The molecular weight excluding hydrogens is 901 g/mol. The Balaban J connectivity index is 1.81. The van der Waals surface area contributed by atoms with Gasteiger partial charge in [0.1, 0.15) is 29.6 Å². The summed E-state index contributed by atoms with van der Waals surface area (Å²) in [6.07, 6.45) is 24.8. The number of carbonyl (C=O) groups excluding carboxylic acids is 1. The summed E-state index contributed by atoms with van der Waals surface area (Å²) in [5, 5.41) is 32.8. The van der Waals surface area contributed by atoms with Gasteiger partial charge in [0.2, 0.25) is 0 Å². The molecule has 5 rings (SSSR count). The molecule has 0 atom stereocenters. The molecule has 0 aliphatic heterocycles. The minimum absolute atomic E-state index is 0.0391. The van der Waals surface area contributed by atoms with Crippen LogP contribution in [0.2, 0.25) is 0 Å². The summed E-state index contributed by atoms with van der Waals surface area (Å²) in [6.45, 7) is 14.3. The van der Waals surface area contributed by atoms with E-state index in [1.54, 1.807) is 0 Å². The molecule has 0 amide bonds. The molecule has 1 aliphatic rings. The number of aliphatic hydroxyl groups excluding tert-OH is 3. The van der Waals surface area contributed by atoms with E-state index in [-0.39, 0.29) is 26.4 Å². The van der Waals surface area contributed by atoms with E-state index < -0.39 is 5.97 Å². The molecule has 0 radical (unpaired) electrons. The number of rotatable bonds is 34. The smallest absolute Gasteiger partial charge is 0.330 e. The fraction of sp³-hybridized carbons (Fsp3) is 0.571. The van der Waals surface area contributed by atoms with Gasteiger partial charge in [-0.05, 0) is 141 Å². The largest absolute Gasteiger partial charge is 0.493 e. The lowest BCUT2D eigenvalue weighted by atomic mass is 9.88. The number of aliphatic hydroxyl groups is 3. The van der Waals surface area contributed by atoms with Crippen LogP contribution in [0.5, 0.6) is 23.0 Å². The quantitative estimate of drug-likeness (QED) is 0.0210. The van der Waals surface area contributed by atoms with Crippen LogP contribution < -0.4 is 18.9 Å². The SMILES string of the molecule is C=CC(=O)OCc1cc2c(OCCCCCCC)c(c1)Cc1cc(CO)cc(c1OCCCCCCC)Cc1cc(CO)cc(c1OCCCCCCC)Cc1cc(CO)cc(c1OCCCCCCC)C2. The Hall–Kier alpha value is -4.83. The maximum absolute atomic E-state index is 12.6. The first kappa shape index (κ1) is 58.1. The van der Waals surface area contributed by atoms with Crippen LogP contribution in [0.3, 0.4) is 0 Å². The van der Waals surface area contributed by atoms with Gasteiger partial charge in [0.25, 0.3) is 0 Å².